The van der Waals surface area contributed by atoms with E-state index in [1.54, 1.807) is 0 Å². The Labute approximate surface area is 147 Å². The van der Waals surface area contributed by atoms with Crippen LogP contribution in [0.4, 0.5) is 0 Å². The molecule has 0 radical (unpaired) electrons. The summed E-state index contributed by atoms with van der Waals surface area (Å²) in [6, 6.07) is 15.9. The van der Waals surface area contributed by atoms with Gasteiger partial charge in [0.15, 0.2) is 0 Å². The van der Waals surface area contributed by atoms with Crippen LogP contribution in [0.15, 0.2) is 52.9 Å². The number of halogens is 1. The van der Waals surface area contributed by atoms with Gasteiger partial charge in [0.25, 0.3) is 0 Å². The Kier molecular flexibility index (Phi) is 4.97. The first-order valence-corrected chi connectivity index (χ1v) is 8.26. The molecule has 0 aliphatic carbocycles. The maximum absolute atomic E-state index is 5.93. The van der Waals surface area contributed by atoms with Crippen LogP contribution >= 0.6 is 11.6 Å². The first-order chi connectivity index (χ1) is 11.5. The van der Waals surface area contributed by atoms with Crippen molar-refractivity contribution < 1.29 is 4.42 Å². The molecule has 0 amide bonds. The van der Waals surface area contributed by atoms with Gasteiger partial charge < -0.3 is 4.42 Å². The molecule has 0 unspecified atom stereocenters. The van der Waals surface area contributed by atoms with E-state index in [0.717, 1.165) is 17.1 Å². The lowest BCUT2D eigenvalue weighted by Gasteiger charge is -2.21. The highest BCUT2D eigenvalue weighted by Gasteiger charge is 2.19. The van der Waals surface area contributed by atoms with Gasteiger partial charge in [-0.2, -0.15) is 0 Å². The average Bonchev–Trinajstić information content (AvgIpc) is 3.06. The summed E-state index contributed by atoms with van der Waals surface area (Å²) in [7, 11) is 2.04. The smallest absolute Gasteiger partial charge is 0.247 e. The van der Waals surface area contributed by atoms with E-state index in [2.05, 4.69) is 22.0 Å². The predicted molar refractivity (Wildman–Crippen MR) is 95.8 cm³/mol. The van der Waals surface area contributed by atoms with Crippen LogP contribution < -0.4 is 0 Å². The van der Waals surface area contributed by atoms with Gasteiger partial charge >= 0.3 is 0 Å². The van der Waals surface area contributed by atoms with Crippen molar-refractivity contribution in [1.29, 1.82) is 0 Å². The maximum atomic E-state index is 5.93. The van der Waals surface area contributed by atoms with Crippen LogP contribution in [0.2, 0.25) is 5.02 Å². The molecule has 5 heteroatoms. The van der Waals surface area contributed by atoms with Crippen molar-refractivity contribution in [2.75, 3.05) is 7.05 Å². The van der Waals surface area contributed by atoms with Crippen LogP contribution in [-0.2, 0) is 6.54 Å². The second-order valence-electron chi connectivity index (χ2n) is 6.03. The minimum Gasteiger partial charge on any atom is -0.419 e. The van der Waals surface area contributed by atoms with Crippen LogP contribution in [0.5, 0.6) is 0 Å². The Bertz CT molecular complexity index is 813. The van der Waals surface area contributed by atoms with E-state index < -0.39 is 0 Å². The molecule has 24 heavy (non-hydrogen) atoms. The third-order valence-electron chi connectivity index (χ3n) is 4.07. The van der Waals surface area contributed by atoms with Gasteiger partial charge in [0.1, 0.15) is 0 Å². The van der Waals surface area contributed by atoms with Crippen molar-refractivity contribution in [2.24, 2.45) is 0 Å². The van der Waals surface area contributed by atoms with Gasteiger partial charge in [-0.3, -0.25) is 4.90 Å². The van der Waals surface area contributed by atoms with Gasteiger partial charge in [-0.05, 0) is 50.7 Å². The summed E-state index contributed by atoms with van der Waals surface area (Å²) in [5.41, 5.74) is 3.30. The number of aryl methyl sites for hydroxylation is 1. The molecule has 0 N–H and O–H groups in total. The lowest BCUT2D eigenvalue weighted by molar-refractivity contribution is 0.218. The van der Waals surface area contributed by atoms with Gasteiger partial charge in [0, 0.05) is 17.1 Å². The van der Waals surface area contributed by atoms with E-state index in [4.69, 9.17) is 16.0 Å². The van der Waals surface area contributed by atoms with E-state index >= 15 is 0 Å². The first kappa shape index (κ1) is 16.7. The molecule has 1 heterocycles. The lowest BCUT2D eigenvalue weighted by atomic mass is 10.1. The van der Waals surface area contributed by atoms with Crippen molar-refractivity contribution in [3.8, 4) is 11.5 Å². The van der Waals surface area contributed by atoms with Crippen molar-refractivity contribution in [3.63, 3.8) is 0 Å². The Hall–Kier alpha value is -2.17. The molecule has 0 aliphatic rings. The Morgan fingerprint density at radius 2 is 1.88 bits per heavy atom. The SMILES string of the molecule is Cc1cccc(-c2nnc([C@H](C)N(C)Cc3ccc(Cl)cc3)o2)c1. The zero-order valence-electron chi connectivity index (χ0n) is 14.0. The molecule has 2 aromatic carbocycles. The molecule has 0 spiro atoms. The maximum Gasteiger partial charge on any atom is 0.247 e. The Morgan fingerprint density at radius 1 is 1.12 bits per heavy atom. The first-order valence-electron chi connectivity index (χ1n) is 7.88. The van der Waals surface area contributed by atoms with Crippen LogP contribution in [0.25, 0.3) is 11.5 Å². The topological polar surface area (TPSA) is 42.2 Å². The third-order valence-corrected chi connectivity index (χ3v) is 4.32. The highest BCUT2D eigenvalue weighted by atomic mass is 35.5. The zero-order chi connectivity index (χ0) is 17.1. The van der Waals surface area contributed by atoms with Crippen LogP contribution in [0.1, 0.15) is 30.0 Å². The van der Waals surface area contributed by atoms with Crippen LogP contribution in [-0.4, -0.2) is 22.1 Å². The number of benzene rings is 2. The van der Waals surface area contributed by atoms with Gasteiger partial charge in [0.2, 0.25) is 11.8 Å². The van der Waals surface area contributed by atoms with Gasteiger partial charge in [-0.15, -0.1) is 10.2 Å². The molecular formula is C19H20ClN3O. The molecule has 1 atom stereocenters. The standard InChI is InChI=1S/C19H20ClN3O/c1-13-5-4-6-16(11-13)19-22-21-18(24-19)14(2)23(3)12-15-7-9-17(20)10-8-15/h4-11,14H,12H2,1-3H3/t14-/m0/s1. The van der Waals surface area contributed by atoms with Crippen LogP contribution in [0, 0.1) is 6.92 Å². The summed E-state index contributed by atoms with van der Waals surface area (Å²) in [6.07, 6.45) is 0. The second kappa shape index (κ2) is 7.16. The molecule has 124 valence electrons. The number of aromatic nitrogens is 2. The summed E-state index contributed by atoms with van der Waals surface area (Å²) in [4.78, 5) is 2.16. The number of hydrogen-bond acceptors (Lipinski definition) is 4. The fourth-order valence-electron chi connectivity index (χ4n) is 2.50. The summed E-state index contributed by atoms with van der Waals surface area (Å²) in [6.45, 7) is 4.88. The largest absolute Gasteiger partial charge is 0.419 e. The van der Waals surface area contributed by atoms with E-state index in [1.807, 2.05) is 62.5 Å². The van der Waals surface area contributed by atoms with Crippen molar-refractivity contribution >= 4 is 11.6 Å². The van der Waals surface area contributed by atoms with E-state index in [0.29, 0.717) is 11.8 Å². The summed E-state index contributed by atoms with van der Waals surface area (Å²) in [5.74, 6) is 1.17. The highest BCUT2D eigenvalue weighted by molar-refractivity contribution is 6.30. The van der Waals surface area contributed by atoms with Gasteiger partial charge in [-0.1, -0.05) is 41.4 Å². The fraction of sp³-hybridized carbons (Fsp3) is 0.263. The minimum absolute atomic E-state index is 0.0201. The lowest BCUT2D eigenvalue weighted by Crippen LogP contribution is -2.22. The Morgan fingerprint density at radius 3 is 2.58 bits per heavy atom. The highest BCUT2D eigenvalue weighted by Crippen LogP contribution is 2.25. The normalized spacial score (nSPS) is 12.5. The minimum atomic E-state index is 0.0201. The summed E-state index contributed by atoms with van der Waals surface area (Å²) < 4.78 is 5.88. The molecule has 0 bridgehead atoms. The molecule has 0 saturated heterocycles. The zero-order valence-corrected chi connectivity index (χ0v) is 14.8. The molecule has 0 saturated carbocycles. The van der Waals surface area contributed by atoms with Gasteiger partial charge in [0.05, 0.1) is 6.04 Å². The van der Waals surface area contributed by atoms with E-state index in [9.17, 15) is 0 Å². The number of rotatable bonds is 5. The predicted octanol–water partition coefficient (Wildman–Crippen LogP) is 4.89. The summed E-state index contributed by atoms with van der Waals surface area (Å²) >= 11 is 5.93. The van der Waals surface area contributed by atoms with Gasteiger partial charge in [-0.25, -0.2) is 0 Å². The van der Waals surface area contributed by atoms with Crippen molar-refractivity contribution in [3.05, 3.63) is 70.6 Å². The monoisotopic (exact) mass is 341 g/mol. The molecule has 3 aromatic rings. The quantitative estimate of drug-likeness (QED) is 0.662. The second-order valence-corrected chi connectivity index (χ2v) is 6.47. The third kappa shape index (κ3) is 3.83. The van der Waals surface area contributed by atoms with Crippen molar-refractivity contribution in [2.45, 2.75) is 26.4 Å². The molecule has 4 nitrogen and oxygen atoms in total. The number of hydrogen-bond donors (Lipinski definition) is 0. The number of nitrogens with zero attached hydrogens (tertiary/aromatic N) is 3. The summed E-state index contributed by atoms with van der Waals surface area (Å²) in [5, 5.41) is 9.15. The van der Waals surface area contributed by atoms with Crippen molar-refractivity contribution in [1.82, 2.24) is 15.1 Å². The molecule has 0 aliphatic heterocycles. The van der Waals surface area contributed by atoms with E-state index in [1.165, 1.54) is 11.1 Å². The van der Waals surface area contributed by atoms with Crippen LogP contribution in [0.3, 0.4) is 0 Å². The average molecular weight is 342 g/mol. The Balaban J connectivity index is 1.73. The molecule has 0 fully saturated rings. The molecule has 3 rings (SSSR count). The molecule has 1 aromatic heterocycles. The fourth-order valence-corrected chi connectivity index (χ4v) is 2.63. The van der Waals surface area contributed by atoms with E-state index in [-0.39, 0.29) is 6.04 Å². The molecular weight excluding hydrogens is 322 g/mol.